The van der Waals surface area contributed by atoms with Crippen LogP contribution in [0.25, 0.3) is 11.3 Å². The molecule has 0 saturated carbocycles. The maximum Gasteiger partial charge on any atom is 0.277 e. The molecule has 0 fully saturated rings. The van der Waals surface area contributed by atoms with E-state index in [1.165, 1.54) is 23.1 Å². The summed E-state index contributed by atoms with van der Waals surface area (Å²) in [7, 11) is 0. The molecular weight excluding hydrogens is 432 g/mol. The number of anilines is 1. The topological polar surface area (TPSA) is 90.1 Å². The molecule has 4 aromatic rings. The van der Waals surface area contributed by atoms with Crippen molar-refractivity contribution in [2.45, 2.75) is 25.7 Å². The number of carbonyl (C=O) groups is 1. The average molecular weight is 453 g/mol. The molecule has 9 heteroatoms. The van der Waals surface area contributed by atoms with Crippen LogP contribution in [0.4, 0.5) is 5.13 Å². The van der Waals surface area contributed by atoms with Gasteiger partial charge in [0, 0.05) is 10.4 Å². The number of nitrogens with one attached hydrogen (secondary N) is 1. The smallest absolute Gasteiger partial charge is 0.277 e. The Bertz CT molecular complexity index is 1160. The van der Waals surface area contributed by atoms with E-state index < -0.39 is 0 Å². The molecule has 2 aromatic carbocycles. The standard InChI is InChI=1S/C22H20N4O3S2/c1-14-8-10-17(11-9-14)28-12-19-25-26-22(29-19)30-13-18(27)23-21-24-20(15(2)31-21)16-6-4-3-5-7-16/h3-11H,12-13H2,1-2H3,(H,23,24,27). The van der Waals surface area contributed by atoms with Gasteiger partial charge in [0.05, 0.1) is 11.4 Å². The number of amides is 1. The molecule has 2 aromatic heterocycles. The van der Waals surface area contributed by atoms with Crippen LogP contribution in [0.1, 0.15) is 16.3 Å². The number of aryl methyl sites for hydroxylation is 2. The van der Waals surface area contributed by atoms with Crippen molar-refractivity contribution >= 4 is 34.1 Å². The Labute approximate surface area is 187 Å². The number of thiazole rings is 1. The number of rotatable bonds is 8. The minimum absolute atomic E-state index is 0.139. The fourth-order valence-electron chi connectivity index (χ4n) is 2.73. The summed E-state index contributed by atoms with van der Waals surface area (Å²) in [6.45, 7) is 4.17. The minimum Gasteiger partial charge on any atom is -0.484 e. The Balaban J connectivity index is 1.27. The number of ether oxygens (including phenoxy) is 1. The number of thioether (sulfide) groups is 1. The van der Waals surface area contributed by atoms with E-state index in [1.807, 2.05) is 68.4 Å². The maximum absolute atomic E-state index is 12.3. The van der Waals surface area contributed by atoms with Gasteiger partial charge in [-0.2, -0.15) is 0 Å². The van der Waals surface area contributed by atoms with E-state index in [2.05, 4.69) is 20.5 Å². The van der Waals surface area contributed by atoms with Crippen LogP contribution in [0, 0.1) is 13.8 Å². The van der Waals surface area contributed by atoms with E-state index in [-0.39, 0.29) is 18.3 Å². The molecule has 1 amide bonds. The Morgan fingerprint density at radius 3 is 2.65 bits per heavy atom. The first-order valence-electron chi connectivity index (χ1n) is 9.54. The van der Waals surface area contributed by atoms with Crippen LogP contribution in [0.5, 0.6) is 5.75 Å². The molecule has 4 rings (SSSR count). The molecule has 0 bridgehead atoms. The van der Waals surface area contributed by atoms with Crippen molar-refractivity contribution < 1.29 is 13.9 Å². The second-order valence-electron chi connectivity index (χ2n) is 6.69. The second-order valence-corrected chi connectivity index (χ2v) is 8.82. The molecule has 0 saturated heterocycles. The first kappa shape index (κ1) is 21.1. The SMILES string of the molecule is Cc1ccc(OCc2nnc(SCC(=O)Nc3nc(-c4ccccc4)c(C)s3)o2)cc1. The molecule has 0 aliphatic carbocycles. The van der Waals surface area contributed by atoms with Gasteiger partial charge in [0.25, 0.3) is 11.1 Å². The van der Waals surface area contributed by atoms with E-state index in [4.69, 9.17) is 9.15 Å². The first-order chi connectivity index (χ1) is 15.1. The molecular formula is C22H20N4O3S2. The summed E-state index contributed by atoms with van der Waals surface area (Å²) in [4.78, 5) is 17.9. The van der Waals surface area contributed by atoms with Gasteiger partial charge in [0.1, 0.15) is 5.75 Å². The van der Waals surface area contributed by atoms with Crippen LogP contribution in [-0.2, 0) is 11.4 Å². The van der Waals surface area contributed by atoms with Crippen molar-refractivity contribution in [3.05, 3.63) is 70.9 Å². The lowest BCUT2D eigenvalue weighted by Crippen LogP contribution is -2.13. The van der Waals surface area contributed by atoms with Gasteiger partial charge in [-0.05, 0) is 26.0 Å². The molecule has 0 atom stereocenters. The van der Waals surface area contributed by atoms with Crippen molar-refractivity contribution in [1.29, 1.82) is 0 Å². The third-order valence-corrected chi connectivity index (χ3v) is 5.95. The Hall–Kier alpha value is -3.17. The quantitative estimate of drug-likeness (QED) is 0.371. The first-order valence-corrected chi connectivity index (χ1v) is 11.3. The highest BCUT2D eigenvalue weighted by atomic mass is 32.2. The zero-order chi connectivity index (χ0) is 21.6. The van der Waals surface area contributed by atoms with Crippen LogP contribution >= 0.6 is 23.1 Å². The Morgan fingerprint density at radius 1 is 1.10 bits per heavy atom. The molecule has 0 unspecified atom stereocenters. The van der Waals surface area contributed by atoms with Crippen molar-refractivity contribution in [2.75, 3.05) is 11.1 Å². The molecule has 0 spiro atoms. The predicted molar refractivity (Wildman–Crippen MR) is 121 cm³/mol. The summed E-state index contributed by atoms with van der Waals surface area (Å²) in [6, 6.07) is 17.6. The Kier molecular flexibility index (Phi) is 6.63. The third kappa shape index (κ3) is 5.71. The van der Waals surface area contributed by atoms with Gasteiger partial charge in [0.15, 0.2) is 11.7 Å². The van der Waals surface area contributed by atoms with Crippen LogP contribution < -0.4 is 10.1 Å². The van der Waals surface area contributed by atoms with Gasteiger partial charge in [0.2, 0.25) is 5.91 Å². The van der Waals surface area contributed by atoms with Crippen LogP contribution in [-0.4, -0.2) is 26.8 Å². The van der Waals surface area contributed by atoms with E-state index in [9.17, 15) is 4.79 Å². The number of carbonyl (C=O) groups excluding carboxylic acids is 1. The van der Waals surface area contributed by atoms with E-state index in [1.54, 1.807) is 0 Å². The number of hydrogen-bond acceptors (Lipinski definition) is 8. The summed E-state index contributed by atoms with van der Waals surface area (Å²) >= 11 is 2.62. The highest BCUT2D eigenvalue weighted by Gasteiger charge is 2.14. The summed E-state index contributed by atoms with van der Waals surface area (Å²) in [5.74, 6) is 1.03. The third-order valence-electron chi connectivity index (χ3n) is 4.25. The molecule has 31 heavy (non-hydrogen) atoms. The summed E-state index contributed by atoms with van der Waals surface area (Å²) in [5, 5.41) is 11.6. The van der Waals surface area contributed by atoms with Gasteiger partial charge in [-0.15, -0.1) is 21.5 Å². The monoisotopic (exact) mass is 452 g/mol. The predicted octanol–water partition coefficient (Wildman–Crippen LogP) is 5.12. The highest BCUT2D eigenvalue weighted by molar-refractivity contribution is 7.99. The number of benzene rings is 2. The molecule has 158 valence electrons. The minimum atomic E-state index is -0.186. The van der Waals surface area contributed by atoms with Crippen LogP contribution in [0.2, 0.25) is 0 Å². The normalized spacial score (nSPS) is 10.8. The molecule has 1 N–H and O–H groups in total. The number of aromatic nitrogens is 3. The summed E-state index contributed by atoms with van der Waals surface area (Å²) < 4.78 is 11.2. The molecule has 0 radical (unpaired) electrons. The lowest BCUT2D eigenvalue weighted by Gasteiger charge is -2.02. The number of nitrogens with zero attached hydrogens (tertiary/aromatic N) is 3. The fraction of sp³-hybridized carbons (Fsp3) is 0.182. The molecule has 0 aliphatic rings. The largest absolute Gasteiger partial charge is 0.484 e. The summed E-state index contributed by atoms with van der Waals surface area (Å²) in [5.41, 5.74) is 3.06. The Morgan fingerprint density at radius 2 is 1.87 bits per heavy atom. The highest BCUT2D eigenvalue weighted by Crippen LogP contribution is 2.30. The summed E-state index contributed by atoms with van der Waals surface area (Å²) in [6.07, 6.45) is 0. The van der Waals surface area contributed by atoms with Gasteiger partial charge >= 0.3 is 0 Å². The van der Waals surface area contributed by atoms with Gasteiger partial charge in [-0.3, -0.25) is 4.79 Å². The van der Waals surface area contributed by atoms with Gasteiger partial charge in [-0.1, -0.05) is 59.8 Å². The zero-order valence-electron chi connectivity index (χ0n) is 17.0. The van der Waals surface area contributed by atoms with E-state index in [0.717, 1.165) is 27.4 Å². The van der Waals surface area contributed by atoms with Crippen LogP contribution in [0.15, 0.2) is 64.2 Å². The van der Waals surface area contributed by atoms with Crippen LogP contribution in [0.3, 0.4) is 0 Å². The molecule has 7 nitrogen and oxygen atoms in total. The van der Waals surface area contributed by atoms with Crippen molar-refractivity contribution in [3.8, 4) is 17.0 Å². The fourth-order valence-corrected chi connectivity index (χ4v) is 4.16. The maximum atomic E-state index is 12.3. The molecule has 2 heterocycles. The van der Waals surface area contributed by atoms with Crippen molar-refractivity contribution in [1.82, 2.24) is 15.2 Å². The van der Waals surface area contributed by atoms with Crippen molar-refractivity contribution in [3.63, 3.8) is 0 Å². The van der Waals surface area contributed by atoms with Gasteiger partial charge in [-0.25, -0.2) is 4.98 Å². The van der Waals surface area contributed by atoms with Crippen molar-refractivity contribution in [2.24, 2.45) is 0 Å². The van der Waals surface area contributed by atoms with E-state index in [0.29, 0.717) is 16.2 Å². The number of hydrogen-bond donors (Lipinski definition) is 1. The van der Waals surface area contributed by atoms with Gasteiger partial charge < -0.3 is 14.5 Å². The second kappa shape index (κ2) is 9.76. The molecule has 0 aliphatic heterocycles. The lowest BCUT2D eigenvalue weighted by atomic mass is 10.1. The lowest BCUT2D eigenvalue weighted by molar-refractivity contribution is -0.113. The van der Waals surface area contributed by atoms with E-state index >= 15 is 0 Å². The zero-order valence-corrected chi connectivity index (χ0v) is 18.6. The average Bonchev–Trinajstić information content (AvgIpc) is 3.38.